The minimum atomic E-state index is -1.12. The number of benzene rings is 2. The number of hydrogen-bond acceptors (Lipinski definition) is 7. The molecule has 1 unspecified atom stereocenters. The number of amides is 1. The monoisotopic (exact) mass is 403 g/mol. The number of carbonyl (C=O) groups is 2. The van der Waals surface area contributed by atoms with E-state index >= 15 is 0 Å². The van der Waals surface area contributed by atoms with Crippen LogP contribution in [0.3, 0.4) is 0 Å². The predicted molar refractivity (Wildman–Crippen MR) is 104 cm³/mol. The van der Waals surface area contributed by atoms with Gasteiger partial charge in [-0.3, -0.25) is 0 Å². The van der Waals surface area contributed by atoms with Gasteiger partial charge in [0.2, 0.25) is 0 Å². The molecule has 2 aromatic rings. The van der Waals surface area contributed by atoms with Crippen LogP contribution in [0.25, 0.3) is 0 Å². The molecule has 1 amide bonds. The highest BCUT2D eigenvalue weighted by Gasteiger charge is 2.36. The molecule has 0 aromatic heterocycles. The molecule has 1 fully saturated rings. The molecule has 0 radical (unpaired) electrons. The molecule has 1 aliphatic rings. The Morgan fingerprint density at radius 2 is 2.00 bits per heavy atom. The Morgan fingerprint density at radius 1 is 1.24 bits per heavy atom. The summed E-state index contributed by atoms with van der Waals surface area (Å²) in [5.41, 5.74) is 7.24. The lowest BCUT2D eigenvalue weighted by Gasteiger charge is -2.24. The maximum atomic E-state index is 13.1. The molecule has 2 atom stereocenters. The van der Waals surface area contributed by atoms with Crippen LogP contribution in [0.5, 0.6) is 0 Å². The molecule has 0 aliphatic carbocycles. The van der Waals surface area contributed by atoms with Crippen molar-refractivity contribution in [3.63, 3.8) is 0 Å². The largest absolute Gasteiger partial charge is 0.517 e. The summed E-state index contributed by atoms with van der Waals surface area (Å²) in [6, 6.07) is 12.5. The van der Waals surface area contributed by atoms with Gasteiger partial charge < -0.3 is 30.5 Å². The van der Waals surface area contributed by atoms with Gasteiger partial charge >= 0.3 is 12.2 Å². The first-order valence-electron chi connectivity index (χ1n) is 9.08. The van der Waals surface area contributed by atoms with E-state index in [1.165, 1.54) is 23.1 Å². The summed E-state index contributed by atoms with van der Waals surface area (Å²) in [5, 5.41) is 12.9. The molecule has 4 N–H and O–H groups in total. The molecule has 154 valence electrons. The molecule has 1 saturated heterocycles. The number of nitrogens with one attached hydrogen (secondary N) is 1. The lowest BCUT2D eigenvalue weighted by Crippen LogP contribution is -2.41. The van der Waals surface area contributed by atoms with Crippen LogP contribution >= 0.6 is 0 Å². The molecule has 8 nitrogen and oxygen atoms in total. The highest BCUT2D eigenvalue weighted by Crippen LogP contribution is 2.23. The fraction of sp³-hybridized carbons (Fsp3) is 0.300. The molecule has 0 saturated carbocycles. The predicted octanol–water partition coefficient (Wildman–Crippen LogP) is 2.73. The van der Waals surface area contributed by atoms with Crippen molar-refractivity contribution < 1.29 is 28.6 Å². The van der Waals surface area contributed by atoms with Gasteiger partial charge in [0.15, 0.2) is 0 Å². The van der Waals surface area contributed by atoms with E-state index in [2.05, 4.69) is 5.32 Å². The molecular weight excluding hydrogens is 381 g/mol. The average Bonchev–Trinajstić information content (AvgIpc) is 3.07. The molecule has 9 heteroatoms. The van der Waals surface area contributed by atoms with Crippen molar-refractivity contribution in [2.75, 3.05) is 24.1 Å². The number of hydrogen-bond donors (Lipinski definition) is 3. The van der Waals surface area contributed by atoms with Crippen LogP contribution in [0.1, 0.15) is 12.0 Å². The molecule has 0 bridgehead atoms. The standard InChI is InChI=1S/C20H22FN3O5/c21-14-6-7-18(17(22)8-14)23-10-15-9-16(25)11-24(15)19(26)29-20(27)28-12-13-4-2-1-3-5-13/h1-8,15-16,23,25H,9-12,22H2/t15-,16?/m0/s1. The van der Waals surface area contributed by atoms with Gasteiger partial charge in [-0.25, -0.2) is 14.0 Å². The maximum Gasteiger partial charge on any atom is 0.517 e. The van der Waals surface area contributed by atoms with Gasteiger partial charge in [0.1, 0.15) is 12.4 Å². The molecular formula is C20H22FN3O5. The summed E-state index contributed by atoms with van der Waals surface area (Å²) < 4.78 is 22.8. The van der Waals surface area contributed by atoms with Gasteiger partial charge in [-0.05, 0) is 30.2 Å². The van der Waals surface area contributed by atoms with Gasteiger partial charge in [0, 0.05) is 6.54 Å². The lowest BCUT2D eigenvalue weighted by atomic mass is 10.2. The number of nitrogens with zero attached hydrogens (tertiary/aromatic N) is 1. The van der Waals surface area contributed by atoms with Crippen LogP contribution < -0.4 is 11.1 Å². The first kappa shape index (κ1) is 20.4. The fourth-order valence-corrected chi connectivity index (χ4v) is 3.11. The lowest BCUT2D eigenvalue weighted by molar-refractivity contribution is 0.0532. The zero-order chi connectivity index (χ0) is 20.8. The summed E-state index contributed by atoms with van der Waals surface area (Å²) in [4.78, 5) is 25.4. The zero-order valence-electron chi connectivity index (χ0n) is 15.6. The Balaban J connectivity index is 1.53. The van der Waals surface area contributed by atoms with Crippen molar-refractivity contribution >= 4 is 23.6 Å². The fourth-order valence-electron chi connectivity index (χ4n) is 3.11. The Kier molecular flexibility index (Phi) is 6.50. The second-order valence-electron chi connectivity index (χ2n) is 6.70. The number of carbonyl (C=O) groups excluding carboxylic acids is 2. The molecule has 1 heterocycles. The molecule has 1 aliphatic heterocycles. The van der Waals surface area contributed by atoms with Crippen molar-refractivity contribution in [1.29, 1.82) is 0 Å². The summed E-state index contributed by atoms with van der Waals surface area (Å²) in [5.74, 6) is -0.455. The first-order valence-corrected chi connectivity index (χ1v) is 9.08. The van der Waals surface area contributed by atoms with Crippen LogP contribution in [-0.2, 0) is 16.1 Å². The van der Waals surface area contributed by atoms with Crippen LogP contribution in [-0.4, -0.2) is 47.5 Å². The maximum absolute atomic E-state index is 13.1. The number of rotatable bonds is 5. The van der Waals surface area contributed by atoms with Gasteiger partial charge in [-0.15, -0.1) is 0 Å². The Labute approximate surface area is 167 Å². The number of aliphatic hydroxyl groups is 1. The third-order valence-electron chi connectivity index (χ3n) is 4.54. The van der Waals surface area contributed by atoms with E-state index in [1.807, 2.05) is 6.07 Å². The summed E-state index contributed by atoms with van der Waals surface area (Å²) >= 11 is 0. The van der Waals surface area contributed by atoms with Crippen molar-refractivity contribution in [1.82, 2.24) is 4.90 Å². The summed E-state index contributed by atoms with van der Waals surface area (Å²) in [6.07, 6.45) is -2.48. The quantitative estimate of drug-likeness (QED) is 0.400. The van der Waals surface area contributed by atoms with Crippen molar-refractivity contribution in [2.24, 2.45) is 0 Å². The Hall–Kier alpha value is -3.33. The van der Waals surface area contributed by atoms with Gasteiger partial charge in [0.25, 0.3) is 0 Å². The number of anilines is 2. The number of nitrogen functional groups attached to an aromatic ring is 1. The number of aliphatic hydroxyl groups excluding tert-OH is 1. The average molecular weight is 403 g/mol. The van der Waals surface area contributed by atoms with Gasteiger partial charge in [-0.2, -0.15) is 0 Å². The zero-order valence-corrected chi connectivity index (χ0v) is 15.6. The summed E-state index contributed by atoms with van der Waals surface area (Å²) in [7, 11) is 0. The van der Waals surface area contributed by atoms with Gasteiger partial charge in [0.05, 0.1) is 30.1 Å². The van der Waals surface area contributed by atoms with E-state index in [4.69, 9.17) is 15.2 Å². The SMILES string of the molecule is Nc1cc(F)ccc1NC[C@@H]1CC(O)CN1C(=O)OC(=O)OCc1ccccc1. The van der Waals surface area contributed by atoms with E-state index in [0.29, 0.717) is 12.1 Å². The highest BCUT2D eigenvalue weighted by atomic mass is 19.1. The van der Waals surface area contributed by atoms with E-state index in [1.54, 1.807) is 24.3 Å². The molecule has 2 aromatic carbocycles. The van der Waals surface area contributed by atoms with Crippen LogP contribution in [0.2, 0.25) is 0 Å². The topological polar surface area (TPSA) is 114 Å². The Morgan fingerprint density at radius 3 is 2.72 bits per heavy atom. The van der Waals surface area contributed by atoms with Crippen molar-refractivity contribution in [2.45, 2.75) is 25.2 Å². The van der Waals surface area contributed by atoms with E-state index in [9.17, 15) is 19.1 Å². The van der Waals surface area contributed by atoms with E-state index < -0.39 is 30.2 Å². The number of β-amino-alcohol motifs (C(OH)–C–C–N with tert-alkyl or cyclic N) is 1. The minimum Gasteiger partial charge on any atom is -0.429 e. The number of halogens is 1. The van der Waals surface area contributed by atoms with Crippen LogP contribution in [0, 0.1) is 5.82 Å². The number of ether oxygens (including phenoxy) is 2. The highest BCUT2D eigenvalue weighted by molar-refractivity contribution is 5.81. The molecule has 0 spiro atoms. The Bertz CT molecular complexity index is 864. The van der Waals surface area contributed by atoms with Crippen molar-refractivity contribution in [3.05, 3.63) is 59.9 Å². The second-order valence-corrected chi connectivity index (χ2v) is 6.70. The first-order chi connectivity index (χ1) is 13.9. The minimum absolute atomic E-state index is 0.0234. The van der Waals surface area contributed by atoms with E-state index in [-0.39, 0.29) is 25.4 Å². The van der Waals surface area contributed by atoms with Crippen LogP contribution in [0.15, 0.2) is 48.5 Å². The third kappa shape index (κ3) is 5.58. The van der Waals surface area contributed by atoms with Crippen LogP contribution in [0.4, 0.5) is 25.4 Å². The second kappa shape index (κ2) is 9.24. The molecule has 3 rings (SSSR count). The molecule has 29 heavy (non-hydrogen) atoms. The normalized spacial score (nSPS) is 18.3. The summed E-state index contributed by atoms with van der Waals surface area (Å²) in [6.45, 7) is 0.238. The van der Waals surface area contributed by atoms with Crippen molar-refractivity contribution in [3.8, 4) is 0 Å². The smallest absolute Gasteiger partial charge is 0.429 e. The van der Waals surface area contributed by atoms with Gasteiger partial charge in [-0.1, -0.05) is 30.3 Å². The number of nitrogens with two attached hydrogens (primary N) is 1. The van der Waals surface area contributed by atoms with E-state index in [0.717, 1.165) is 5.56 Å². The third-order valence-corrected chi connectivity index (χ3v) is 4.54. The number of likely N-dealkylation sites (tertiary alicyclic amines) is 1.